The second-order valence-electron chi connectivity index (χ2n) is 2.75. The number of allylic oxidation sites excluding steroid dienone is 1. The summed E-state index contributed by atoms with van der Waals surface area (Å²) in [6.45, 7) is 5.24. The van der Waals surface area contributed by atoms with E-state index >= 15 is 0 Å². The van der Waals surface area contributed by atoms with Crippen molar-refractivity contribution in [2.45, 2.75) is 11.8 Å². The quantitative estimate of drug-likeness (QED) is 0.656. The minimum absolute atomic E-state index is 0.254. The molecule has 0 unspecified atom stereocenters. The minimum atomic E-state index is -0.815. The highest BCUT2D eigenvalue weighted by atomic mass is 32.2. The second-order valence-corrected chi connectivity index (χ2v) is 3.63. The smallest absolute Gasteiger partial charge is 0.166 e. The van der Waals surface area contributed by atoms with Crippen molar-refractivity contribution in [2.24, 2.45) is 0 Å². The maximum Gasteiger partial charge on any atom is 0.166 e. The summed E-state index contributed by atoms with van der Waals surface area (Å²) in [7, 11) is 0. The van der Waals surface area contributed by atoms with E-state index in [1.807, 2.05) is 6.26 Å². The van der Waals surface area contributed by atoms with E-state index in [0.717, 1.165) is 0 Å². The first kappa shape index (κ1) is 10.3. The van der Waals surface area contributed by atoms with E-state index in [2.05, 4.69) is 6.58 Å². The van der Waals surface area contributed by atoms with Gasteiger partial charge in [-0.2, -0.15) is 0 Å². The molecule has 0 saturated carbocycles. The van der Waals surface area contributed by atoms with Crippen LogP contribution in [0.2, 0.25) is 0 Å². The van der Waals surface area contributed by atoms with Gasteiger partial charge in [0.15, 0.2) is 11.6 Å². The molecule has 0 nitrogen and oxygen atoms in total. The Morgan fingerprint density at radius 2 is 2.00 bits per heavy atom. The van der Waals surface area contributed by atoms with Gasteiger partial charge in [-0.05, 0) is 30.9 Å². The third-order valence-electron chi connectivity index (χ3n) is 1.70. The molecule has 0 aliphatic carbocycles. The predicted octanol–water partition coefficient (Wildman–Crippen LogP) is 3.72. The van der Waals surface area contributed by atoms with Gasteiger partial charge >= 0.3 is 0 Å². The van der Waals surface area contributed by atoms with Gasteiger partial charge < -0.3 is 0 Å². The molecule has 0 aromatic heterocycles. The monoisotopic (exact) mass is 200 g/mol. The van der Waals surface area contributed by atoms with Gasteiger partial charge in [-0.15, -0.1) is 11.8 Å². The molecule has 0 atom stereocenters. The molecular formula is C10H10F2S. The second kappa shape index (κ2) is 3.92. The first-order valence-electron chi connectivity index (χ1n) is 3.75. The summed E-state index contributed by atoms with van der Waals surface area (Å²) >= 11 is 1.38. The maximum absolute atomic E-state index is 13.1. The molecule has 0 fully saturated rings. The van der Waals surface area contributed by atoms with Crippen LogP contribution in [0.4, 0.5) is 8.78 Å². The van der Waals surface area contributed by atoms with Crippen LogP contribution in [0.3, 0.4) is 0 Å². The molecule has 0 heterocycles. The van der Waals surface area contributed by atoms with E-state index in [1.165, 1.54) is 17.8 Å². The zero-order chi connectivity index (χ0) is 10.0. The molecule has 0 bridgehead atoms. The highest BCUT2D eigenvalue weighted by molar-refractivity contribution is 7.98. The molecule has 0 radical (unpaired) electrons. The summed E-state index contributed by atoms with van der Waals surface area (Å²) < 4.78 is 26.1. The molecule has 13 heavy (non-hydrogen) atoms. The Labute approximate surface area is 80.7 Å². The molecule has 1 rings (SSSR count). The van der Waals surface area contributed by atoms with Crippen LogP contribution in [-0.4, -0.2) is 6.26 Å². The van der Waals surface area contributed by atoms with Crippen molar-refractivity contribution in [3.63, 3.8) is 0 Å². The molecule has 0 N–H and O–H groups in total. The van der Waals surface area contributed by atoms with Gasteiger partial charge in [-0.3, -0.25) is 0 Å². The lowest BCUT2D eigenvalue weighted by Gasteiger charge is -2.05. The summed E-state index contributed by atoms with van der Waals surface area (Å²) in [4.78, 5) is 0.705. The van der Waals surface area contributed by atoms with E-state index < -0.39 is 11.6 Å². The minimum Gasteiger partial charge on any atom is -0.204 e. The first-order valence-corrected chi connectivity index (χ1v) is 4.97. The van der Waals surface area contributed by atoms with Crippen molar-refractivity contribution in [3.05, 3.63) is 35.9 Å². The number of halogens is 2. The fraction of sp³-hybridized carbons (Fsp3) is 0.200. The Bertz CT molecular complexity index is 345. The fourth-order valence-corrected chi connectivity index (χ4v) is 1.45. The van der Waals surface area contributed by atoms with Crippen LogP contribution in [0.15, 0.2) is 23.6 Å². The SMILES string of the molecule is C=C(C)c1cc(SC)cc(F)c1F. The van der Waals surface area contributed by atoms with E-state index in [4.69, 9.17) is 0 Å². The van der Waals surface area contributed by atoms with Crippen molar-refractivity contribution in [1.29, 1.82) is 0 Å². The highest BCUT2D eigenvalue weighted by Gasteiger charge is 2.10. The molecule has 0 spiro atoms. The standard InChI is InChI=1S/C10H10F2S/c1-6(2)8-4-7(13-3)5-9(11)10(8)12/h4-5H,1H2,2-3H3. The van der Waals surface area contributed by atoms with Crippen molar-refractivity contribution in [1.82, 2.24) is 0 Å². The van der Waals surface area contributed by atoms with Crippen molar-refractivity contribution < 1.29 is 8.78 Å². The zero-order valence-corrected chi connectivity index (χ0v) is 8.34. The molecule has 1 aromatic rings. The fourth-order valence-electron chi connectivity index (χ4n) is 0.993. The number of hydrogen-bond donors (Lipinski definition) is 0. The maximum atomic E-state index is 13.1. The summed E-state index contributed by atoms with van der Waals surface area (Å²) in [6.07, 6.45) is 1.81. The Morgan fingerprint density at radius 3 is 2.46 bits per heavy atom. The normalized spacial score (nSPS) is 10.2. The third-order valence-corrected chi connectivity index (χ3v) is 2.40. The van der Waals surface area contributed by atoms with Gasteiger partial charge in [-0.1, -0.05) is 6.58 Å². The van der Waals surface area contributed by atoms with Crippen molar-refractivity contribution in [2.75, 3.05) is 6.26 Å². The van der Waals surface area contributed by atoms with Crippen LogP contribution in [0, 0.1) is 11.6 Å². The average Bonchev–Trinajstić information content (AvgIpc) is 2.09. The van der Waals surface area contributed by atoms with Crippen LogP contribution in [0.1, 0.15) is 12.5 Å². The Hall–Kier alpha value is -0.830. The predicted molar refractivity (Wildman–Crippen MR) is 52.8 cm³/mol. The van der Waals surface area contributed by atoms with Gasteiger partial charge in [0.1, 0.15) is 0 Å². The summed E-state index contributed by atoms with van der Waals surface area (Å²) in [5.74, 6) is -1.63. The van der Waals surface area contributed by atoms with Crippen molar-refractivity contribution >= 4 is 17.3 Å². The third kappa shape index (κ3) is 2.10. The largest absolute Gasteiger partial charge is 0.204 e. The number of thioether (sulfide) groups is 1. The number of hydrogen-bond acceptors (Lipinski definition) is 1. The molecule has 0 aliphatic rings. The molecule has 70 valence electrons. The lowest BCUT2D eigenvalue weighted by Crippen LogP contribution is -1.92. The summed E-state index contributed by atoms with van der Waals surface area (Å²) in [6, 6.07) is 2.79. The highest BCUT2D eigenvalue weighted by Crippen LogP contribution is 2.25. The molecule has 1 aromatic carbocycles. The molecule has 0 amide bonds. The van der Waals surface area contributed by atoms with Gasteiger partial charge in [0.2, 0.25) is 0 Å². The molecule has 3 heteroatoms. The molecule has 0 saturated heterocycles. The number of rotatable bonds is 2. The summed E-state index contributed by atoms with van der Waals surface area (Å²) in [5.41, 5.74) is 0.789. The van der Waals surface area contributed by atoms with Crippen LogP contribution in [0.25, 0.3) is 5.57 Å². The van der Waals surface area contributed by atoms with Gasteiger partial charge in [-0.25, -0.2) is 8.78 Å². The van der Waals surface area contributed by atoms with E-state index in [0.29, 0.717) is 10.5 Å². The van der Waals surface area contributed by atoms with E-state index in [9.17, 15) is 8.78 Å². The Balaban J connectivity index is 3.33. The van der Waals surface area contributed by atoms with Gasteiger partial charge in [0.25, 0.3) is 0 Å². The first-order chi connectivity index (χ1) is 6.06. The van der Waals surface area contributed by atoms with E-state index in [1.54, 1.807) is 13.0 Å². The molecular weight excluding hydrogens is 190 g/mol. The number of benzene rings is 1. The van der Waals surface area contributed by atoms with Crippen LogP contribution >= 0.6 is 11.8 Å². The topological polar surface area (TPSA) is 0 Å². The lowest BCUT2D eigenvalue weighted by molar-refractivity contribution is 0.503. The lowest BCUT2D eigenvalue weighted by atomic mass is 10.1. The molecule has 0 aliphatic heterocycles. The van der Waals surface area contributed by atoms with E-state index in [-0.39, 0.29) is 5.56 Å². The Morgan fingerprint density at radius 1 is 1.38 bits per heavy atom. The average molecular weight is 200 g/mol. The van der Waals surface area contributed by atoms with Crippen LogP contribution in [0.5, 0.6) is 0 Å². The zero-order valence-electron chi connectivity index (χ0n) is 7.53. The van der Waals surface area contributed by atoms with Gasteiger partial charge in [0.05, 0.1) is 0 Å². The Kier molecular flexibility index (Phi) is 3.09. The van der Waals surface area contributed by atoms with Crippen molar-refractivity contribution in [3.8, 4) is 0 Å². The summed E-state index contributed by atoms with van der Waals surface area (Å²) in [5, 5.41) is 0. The van der Waals surface area contributed by atoms with Crippen LogP contribution < -0.4 is 0 Å². The van der Waals surface area contributed by atoms with Crippen LogP contribution in [-0.2, 0) is 0 Å². The van der Waals surface area contributed by atoms with Gasteiger partial charge in [0, 0.05) is 10.5 Å².